The van der Waals surface area contributed by atoms with Gasteiger partial charge in [0.2, 0.25) is 0 Å². The third kappa shape index (κ3) is 5.38. The van der Waals surface area contributed by atoms with Crippen molar-refractivity contribution in [2.75, 3.05) is 0 Å². The number of ether oxygens (including phenoxy) is 1. The lowest BCUT2D eigenvalue weighted by Crippen LogP contribution is -2.32. The molecule has 2 aliphatic rings. The lowest BCUT2D eigenvalue weighted by Gasteiger charge is -2.40. The van der Waals surface area contributed by atoms with Crippen molar-refractivity contribution < 1.29 is 4.74 Å². The number of hydrogen-bond acceptors (Lipinski definition) is 5. The van der Waals surface area contributed by atoms with Crippen molar-refractivity contribution in [3.05, 3.63) is 228 Å². The van der Waals surface area contributed by atoms with E-state index >= 15 is 0 Å². The molecule has 278 valence electrons. The molecule has 8 aromatic carbocycles. The third-order valence-corrected chi connectivity index (χ3v) is 11.8. The molecule has 1 atom stereocenters. The van der Waals surface area contributed by atoms with Gasteiger partial charge in [0.1, 0.15) is 11.5 Å². The van der Waals surface area contributed by atoms with Gasteiger partial charge < -0.3 is 4.74 Å². The highest BCUT2D eigenvalue weighted by Gasteiger charge is 2.52. The fraction of sp³-hybridized carbons (Fsp3) is 0.0182. The number of rotatable bonds is 5. The van der Waals surface area contributed by atoms with Gasteiger partial charge in [0.05, 0.1) is 40.1 Å². The molecule has 0 amide bonds. The first-order valence-electron chi connectivity index (χ1n) is 19.8. The van der Waals surface area contributed by atoms with Crippen molar-refractivity contribution in [3.63, 3.8) is 0 Å². The zero-order valence-electron chi connectivity index (χ0n) is 32.2. The van der Waals surface area contributed by atoms with E-state index in [1.54, 1.807) is 6.07 Å². The summed E-state index contributed by atoms with van der Waals surface area (Å²) in [5.74, 6) is 2.11. The number of aromatic nitrogens is 2. The van der Waals surface area contributed by atoms with Crippen LogP contribution in [-0.4, -0.2) is 9.97 Å². The number of nitrogens with zero attached hydrogens (tertiary/aromatic N) is 4. The average Bonchev–Trinajstić information content (AvgIpc) is 3.62. The largest absolute Gasteiger partial charge is 0.456 e. The molecule has 0 saturated carbocycles. The minimum atomic E-state index is -0.765. The molecule has 1 spiro atoms. The lowest BCUT2D eigenvalue weighted by molar-refractivity contribution is 0.438. The maximum atomic E-state index is 9.95. The van der Waals surface area contributed by atoms with E-state index in [0.717, 1.165) is 95.2 Å². The predicted molar refractivity (Wildman–Crippen MR) is 236 cm³/mol. The molecule has 60 heavy (non-hydrogen) atoms. The molecule has 2 heterocycles. The second-order valence-corrected chi connectivity index (χ2v) is 15.1. The van der Waals surface area contributed by atoms with Crippen LogP contribution in [0.5, 0.6) is 11.5 Å². The zero-order valence-corrected chi connectivity index (χ0v) is 32.2. The fourth-order valence-corrected chi connectivity index (χ4v) is 9.24. The van der Waals surface area contributed by atoms with Gasteiger partial charge in [0, 0.05) is 27.8 Å². The van der Waals surface area contributed by atoms with Crippen molar-refractivity contribution in [1.29, 1.82) is 10.5 Å². The molecule has 5 heteroatoms. The van der Waals surface area contributed by atoms with Crippen molar-refractivity contribution >= 4 is 0 Å². The van der Waals surface area contributed by atoms with E-state index in [1.165, 1.54) is 0 Å². The second kappa shape index (κ2) is 13.9. The average molecular weight is 765 g/mol. The topological polar surface area (TPSA) is 82.6 Å². The maximum Gasteiger partial charge on any atom is 0.160 e. The minimum Gasteiger partial charge on any atom is -0.456 e. The van der Waals surface area contributed by atoms with Crippen LogP contribution in [0.4, 0.5) is 0 Å². The van der Waals surface area contributed by atoms with E-state index < -0.39 is 5.41 Å². The molecule has 0 bridgehead atoms. The number of benzene rings is 8. The first-order valence-corrected chi connectivity index (χ1v) is 19.8. The molecule has 0 N–H and O–H groups in total. The van der Waals surface area contributed by atoms with Crippen molar-refractivity contribution in [2.24, 2.45) is 0 Å². The summed E-state index contributed by atoms with van der Waals surface area (Å²) in [6.45, 7) is 0. The molecular formula is C55H32N4O. The molecule has 1 aliphatic carbocycles. The summed E-state index contributed by atoms with van der Waals surface area (Å²) in [4.78, 5) is 10.5. The lowest BCUT2D eigenvalue weighted by atomic mass is 9.65. The van der Waals surface area contributed by atoms with Crippen LogP contribution in [0.3, 0.4) is 0 Å². The van der Waals surface area contributed by atoms with Crippen LogP contribution < -0.4 is 4.74 Å². The van der Waals surface area contributed by atoms with Gasteiger partial charge in [-0.05, 0) is 80.9 Å². The van der Waals surface area contributed by atoms with Crippen LogP contribution in [0.15, 0.2) is 194 Å². The molecule has 0 fully saturated rings. The zero-order chi connectivity index (χ0) is 40.2. The van der Waals surface area contributed by atoms with Crippen molar-refractivity contribution in [1.82, 2.24) is 9.97 Å². The van der Waals surface area contributed by atoms with Crippen LogP contribution >= 0.6 is 0 Å². The van der Waals surface area contributed by atoms with E-state index in [-0.39, 0.29) is 0 Å². The Hall–Kier alpha value is -8.38. The fourth-order valence-electron chi connectivity index (χ4n) is 9.24. The van der Waals surface area contributed by atoms with Crippen LogP contribution in [0.1, 0.15) is 33.4 Å². The van der Waals surface area contributed by atoms with Crippen LogP contribution in [0, 0.1) is 22.7 Å². The monoisotopic (exact) mass is 764 g/mol. The summed E-state index contributed by atoms with van der Waals surface area (Å²) >= 11 is 0. The quantitative estimate of drug-likeness (QED) is 0.174. The van der Waals surface area contributed by atoms with Gasteiger partial charge in [-0.25, -0.2) is 9.97 Å². The Kier molecular flexibility index (Phi) is 8.08. The molecular weight excluding hydrogens is 733 g/mol. The molecule has 0 saturated heterocycles. The van der Waals surface area contributed by atoms with Gasteiger partial charge in [0.15, 0.2) is 5.82 Å². The highest BCUT2D eigenvalue weighted by molar-refractivity contribution is 5.97. The SMILES string of the molecule is N#Cc1cc(C#N)cc(-c2cccc3c2-c2ccccc2C32c3ccccc3Oc3c(-c4cc(-c5ccccc5)nc(-c5ccc(-c6ccccc6)cc5)n4)cccc32)c1. The Bertz CT molecular complexity index is 3220. The van der Waals surface area contributed by atoms with Crippen LogP contribution in [0.25, 0.3) is 67.3 Å². The van der Waals surface area contributed by atoms with Gasteiger partial charge in [0.25, 0.3) is 0 Å². The number of nitriles is 2. The van der Waals surface area contributed by atoms with Gasteiger partial charge >= 0.3 is 0 Å². The first-order chi connectivity index (χ1) is 29.6. The Morgan fingerprint density at radius 2 is 0.950 bits per heavy atom. The molecule has 5 nitrogen and oxygen atoms in total. The maximum absolute atomic E-state index is 9.95. The van der Waals surface area contributed by atoms with Gasteiger partial charge in [-0.3, -0.25) is 0 Å². The van der Waals surface area contributed by atoms with Gasteiger partial charge in [-0.15, -0.1) is 0 Å². The highest BCUT2D eigenvalue weighted by Crippen LogP contribution is 2.64. The molecule has 0 radical (unpaired) electrons. The van der Waals surface area contributed by atoms with Crippen molar-refractivity contribution in [3.8, 4) is 90.9 Å². The smallest absolute Gasteiger partial charge is 0.160 e. The Morgan fingerprint density at radius 3 is 1.68 bits per heavy atom. The predicted octanol–water partition coefficient (Wildman–Crippen LogP) is 13.0. The summed E-state index contributed by atoms with van der Waals surface area (Å²) in [6.07, 6.45) is 0. The minimum absolute atomic E-state index is 0.445. The van der Waals surface area contributed by atoms with Crippen molar-refractivity contribution in [2.45, 2.75) is 5.41 Å². The second-order valence-electron chi connectivity index (χ2n) is 15.1. The molecule has 1 aromatic heterocycles. The van der Waals surface area contributed by atoms with E-state index in [1.807, 2.05) is 48.5 Å². The van der Waals surface area contributed by atoms with E-state index in [9.17, 15) is 10.5 Å². The molecule has 9 aromatic rings. The number of para-hydroxylation sites is 2. The Morgan fingerprint density at radius 1 is 0.400 bits per heavy atom. The summed E-state index contributed by atoms with van der Waals surface area (Å²) in [5, 5.41) is 19.9. The molecule has 1 aliphatic heterocycles. The van der Waals surface area contributed by atoms with E-state index in [0.29, 0.717) is 17.0 Å². The number of fused-ring (bicyclic) bond motifs is 9. The van der Waals surface area contributed by atoms with Crippen LogP contribution in [-0.2, 0) is 5.41 Å². The summed E-state index contributed by atoms with van der Waals surface area (Å²) in [5.41, 5.74) is 14.9. The Balaban J connectivity index is 1.16. The highest BCUT2D eigenvalue weighted by atomic mass is 16.5. The Labute approximate surface area is 347 Å². The first kappa shape index (κ1) is 34.8. The normalized spacial score (nSPS) is 14.2. The standard InChI is InChI=1S/C55H32N4O/c56-33-35-29-36(34-57)31-41(30-35)42-18-11-22-47-52(42)43-17-7-8-20-45(43)55(47)46-21-9-10-24-51(46)60-53-44(19-12-23-48(53)55)50-32-49(39-15-5-2-6-16-39)58-54(59-50)40-27-25-38(26-28-40)37-13-3-1-4-14-37/h1-32H. The molecule has 11 rings (SSSR count). The van der Waals surface area contributed by atoms with Gasteiger partial charge in [-0.1, -0.05) is 158 Å². The number of hydrogen-bond donors (Lipinski definition) is 0. The van der Waals surface area contributed by atoms with E-state index in [2.05, 4.69) is 152 Å². The summed E-state index contributed by atoms with van der Waals surface area (Å²) in [6, 6.07) is 70.6. The van der Waals surface area contributed by atoms with E-state index in [4.69, 9.17) is 14.7 Å². The summed E-state index contributed by atoms with van der Waals surface area (Å²) < 4.78 is 7.08. The molecule has 1 unspecified atom stereocenters. The van der Waals surface area contributed by atoms with Gasteiger partial charge in [-0.2, -0.15) is 10.5 Å². The summed E-state index contributed by atoms with van der Waals surface area (Å²) in [7, 11) is 0. The third-order valence-electron chi connectivity index (χ3n) is 11.8. The van der Waals surface area contributed by atoms with Crippen LogP contribution in [0.2, 0.25) is 0 Å².